The Morgan fingerprint density at radius 2 is 2.04 bits per heavy atom. The van der Waals surface area contributed by atoms with Gasteiger partial charge in [-0.25, -0.2) is 9.78 Å². The van der Waals surface area contributed by atoms with Crippen LogP contribution in [0.4, 0.5) is 0 Å². The molecule has 2 aromatic carbocycles. The van der Waals surface area contributed by atoms with Gasteiger partial charge in [0.1, 0.15) is 5.75 Å². The number of nitrogens with zero attached hydrogens (tertiary/aromatic N) is 1. The molecule has 0 bridgehead atoms. The topological polar surface area (TPSA) is 59.4 Å². The number of fused-ring (bicyclic) bond motifs is 1. The Morgan fingerprint density at radius 1 is 1.25 bits per heavy atom. The number of hydrogen-bond acceptors (Lipinski definition) is 3. The van der Waals surface area contributed by atoms with Gasteiger partial charge in [-0.15, -0.1) is 0 Å². The van der Waals surface area contributed by atoms with Gasteiger partial charge in [-0.2, -0.15) is 0 Å². The Balaban J connectivity index is 2.28. The second-order valence-corrected chi connectivity index (χ2v) is 5.82. The van der Waals surface area contributed by atoms with Crippen molar-refractivity contribution in [2.45, 2.75) is 13.8 Å². The number of carboxylic acid groups (broad SMARTS) is 1. The van der Waals surface area contributed by atoms with Crippen molar-refractivity contribution >= 4 is 28.5 Å². The SMILES string of the molecule is CCOc1cccc(-c2cc(C(=O)O)c3c(Cl)ccc(C)c3n2)c1. The Hall–Kier alpha value is -2.59. The molecule has 0 amide bonds. The lowest BCUT2D eigenvalue weighted by atomic mass is 10.0. The van der Waals surface area contributed by atoms with Gasteiger partial charge in [0.2, 0.25) is 0 Å². The summed E-state index contributed by atoms with van der Waals surface area (Å²) in [4.78, 5) is 16.4. The van der Waals surface area contributed by atoms with E-state index < -0.39 is 5.97 Å². The lowest BCUT2D eigenvalue weighted by Gasteiger charge is -2.11. The highest BCUT2D eigenvalue weighted by molar-refractivity contribution is 6.36. The van der Waals surface area contributed by atoms with Gasteiger partial charge in [0, 0.05) is 10.9 Å². The fourth-order valence-electron chi connectivity index (χ4n) is 2.66. The molecule has 0 atom stereocenters. The summed E-state index contributed by atoms with van der Waals surface area (Å²) in [6.07, 6.45) is 0. The predicted molar refractivity (Wildman–Crippen MR) is 95.1 cm³/mol. The molecule has 0 aliphatic carbocycles. The first-order valence-electron chi connectivity index (χ1n) is 7.57. The summed E-state index contributed by atoms with van der Waals surface area (Å²) in [5.41, 5.74) is 2.99. The highest BCUT2D eigenvalue weighted by atomic mass is 35.5. The normalized spacial score (nSPS) is 10.8. The van der Waals surface area contributed by atoms with Crippen molar-refractivity contribution in [1.29, 1.82) is 0 Å². The molecule has 0 aliphatic rings. The molecule has 0 radical (unpaired) electrons. The summed E-state index contributed by atoms with van der Waals surface area (Å²) in [5, 5.41) is 10.4. The lowest BCUT2D eigenvalue weighted by Crippen LogP contribution is -2.02. The van der Waals surface area contributed by atoms with Gasteiger partial charge in [0.15, 0.2) is 0 Å². The summed E-state index contributed by atoms with van der Waals surface area (Å²) < 4.78 is 5.51. The number of carbonyl (C=O) groups is 1. The molecule has 4 nitrogen and oxygen atoms in total. The van der Waals surface area contributed by atoms with Crippen LogP contribution in [0.2, 0.25) is 5.02 Å². The first kappa shape index (κ1) is 16.3. The number of aromatic carboxylic acids is 1. The number of benzene rings is 2. The smallest absolute Gasteiger partial charge is 0.336 e. The van der Waals surface area contributed by atoms with E-state index in [1.54, 1.807) is 12.1 Å². The summed E-state index contributed by atoms with van der Waals surface area (Å²) in [6, 6.07) is 12.5. The zero-order chi connectivity index (χ0) is 17.3. The third-order valence-electron chi connectivity index (χ3n) is 3.78. The zero-order valence-corrected chi connectivity index (χ0v) is 14.1. The number of aryl methyl sites for hydroxylation is 1. The first-order chi connectivity index (χ1) is 11.5. The molecule has 122 valence electrons. The maximum Gasteiger partial charge on any atom is 0.336 e. The van der Waals surface area contributed by atoms with E-state index in [4.69, 9.17) is 16.3 Å². The summed E-state index contributed by atoms with van der Waals surface area (Å²) in [6.45, 7) is 4.36. The van der Waals surface area contributed by atoms with E-state index in [0.29, 0.717) is 28.2 Å². The average Bonchev–Trinajstić information content (AvgIpc) is 2.58. The van der Waals surface area contributed by atoms with E-state index in [0.717, 1.165) is 16.9 Å². The van der Waals surface area contributed by atoms with Crippen LogP contribution in [0.3, 0.4) is 0 Å². The third-order valence-corrected chi connectivity index (χ3v) is 4.10. The van der Waals surface area contributed by atoms with Crippen LogP contribution in [0.25, 0.3) is 22.2 Å². The molecule has 0 spiro atoms. The molecule has 5 heteroatoms. The van der Waals surface area contributed by atoms with Crippen LogP contribution < -0.4 is 4.74 Å². The maximum absolute atomic E-state index is 11.7. The predicted octanol–water partition coefficient (Wildman–Crippen LogP) is 4.96. The van der Waals surface area contributed by atoms with Crippen molar-refractivity contribution in [1.82, 2.24) is 4.98 Å². The van der Waals surface area contributed by atoms with Crippen LogP contribution in [-0.4, -0.2) is 22.7 Å². The number of pyridine rings is 1. The summed E-state index contributed by atoms with van der Waals surface area (Å²) in [7, 11) is 0. The number of aromatic nitrogens is 1. The van der Waals surface area contributed by atoms with Crippen molar-refractivity contribution in [3.63, 3.8) is 0 Å². The Labute approximate surface area is 144 Å². The van der Waals surface area contributed by atoms with Crippen LogP contribution in [-0.2, 0) is 0 Å². The van der Waals surface area contributed by atoms with Crippen molar-refractivity contribution < 1.29 is 14.6 Å². The third kappa shape index (κ3) is 2.93. The minimum absolute atomic E-state index is 0.144. The van der Waals surface area contributed by atoms with Crippen LogP contribution in [0, 0.1) is 6.92 Å². The van der Waals surface area contributed by atoms with Crippen molar-refractivity contribution in [2.75, 3.05) is 6.61 Å². The quantitative estimate of drug-likeness (QED) is 0.728. The molecule has 1 aromatic heterocycles. The summed E-state index contributed by atoms with van der Waals surface area (Å²) in [5.74, 6) is -0.311. The molecular weight excluding hydrogens is 326 g/mol. The molecule has 0 aliphatic heterocycles. The molecule has 24 heavy (non-hydrogen) atoms. The Bertz CT molecular complexity index is 937. The van der Waals surface area contributed by atoms with Crippen LogP contribution in [0.15, 0.2) is 42.5 Å². The van der Waals surface area contributed by atoms with Gasteiger partial charge in [0.25, 0.3) is 0 Å². The van der Waals surface area contributed by atoms with E-state index in [2.05, 4.69) is 4.98 Å². The molecule has 0 saturated carbocycles. The molecular formula is C19H16ClNO3. The molecule has 3 aromatic rings. The van der Waals surface area contributed by atoms with Crippen LogP contribution >= 0.6 is 11.6 Å². The monoisotopic (exact) mass is 341 g/mol. The number of rotatable bonds is 4. The minimum Gasteiger partial charge on any atom is -0.494 e. The molecule has 0 saturated heterocycles. The molecule has 3 rings (SSSR count). The van der Waals surface area contributed by atoms with E-state index in [9.17, 15) is 9.90 Å². The van der Waals surface area contributed by atoms with Gasteiger partial charge in [-0.05, 0) is 43.7 Å². The average molecular weight is 342 g/mol. The van der Waals surface area contributed by atoms with Gasteiger partial charge in [-0.3, -0.25) is 0 Å². The first-order valence-corrected chi connectivity index (χ1v) is 7.95. The Morgan fingerprint density at radius 3 is 2.75 bits per heavy atom. The molecule has 1 N–H and O–H groups in total. The van der Waals surface area contributed by atoms with Gasteiger partial charge < -0.3 is 9.84 Å². The van der Waals surface area contributed by atoms with E-state index in [1.807, 2.05) is 44.2 Å². The fraction of sp³-hybridized carbons (Fsp3) is 0.158. The van der Waals surface area contributed by atoms with E-state index in [1.165, 1.54) is 0 Å². The van der Waals surface area contributed by atoms with Gasteiger partial charge in [0.05, 0.1) is 28.4 Å². The van der Waals surface area contributed by atoms with Crippen molar-refractivity contribution in [3.8, 4) is 17.0 Å². The number of ether oxygens (including phenoxy) is 1. The highest BCUT2D eigenvalue weighted by Crippen LogP contribution is 2.32. The standard InChI is InChI=1S/C19H16ClNO3/c1-3-24-13-6-4-5-12(9-13)16-10-14(19(22)23)17-15(20)8-7-11(2)18(17)21-16/h4-10H,3H2,1-2H3,(H,22,23). The summed E-state index contributed by atoms with van der Waals surface area (Å²) >= 11 is 6.22. The maximum atomic E-state index is 11.7. The number of halogens is 1. The second-order valence-electron chi connectivity index (χ2n) is 5.41. The Kier molecular flexibility index (Phi) is 4.40. The molecule has 0 fully saturated rings. The number of carboxylic acids is 1. The zero-order valence-electron chi connectivity index (χ0n) is 13.3. The largest absolute Gasteiger partial charge is 0.494 e. The highest BCUT2D eigenvalue weighted by Gasteiger charge is 2.17. The van der Waals surface area contributed by atoms with Crippen molar-refractivity contribution in [2.24, 2.45) is 0 Å². The second kappa shape index (κ2) is 6.49. The minimum atomic E-state index is -1.03. The van der Waals surface area contributed by atoms with Crippen LogP contribution in [0.5, 0.6) is 5.75 Å². The fourth-order valence-corrected chi connectivity index (χ4v) is 2.92. The molecule has 0 unspecified atom stereocenters. The van der Waals surface area contributed by atoms with Crippen molar-refractivity contribution in [3.05, 3.63) is 58.6 Å². The van der Waals surface area contributed by atoms with Gasteiger partial charge in [-0.1, -0.05) is 29.8 Å². The lowest BCUT2D eigenvalue weighted by molar-refractivity contribution is 0.0699. The van der Waals surface area contributed by atoms with Gasteiger partial charge >= 0.3 is 5.97 Å². The van der Waals surface area contributed by atoms with E-state index >= 15 is 0 Å². The van der Waals surface area contributed by atoms with Crippen LogP contribution in [0.1, 0.15) is 22.8 Å². The number of hydrogen-bond donors (Lipinski definition) is 1. The van der Waals surface area contributed by atoms with E-state index in [-0.39, 0.29) is 5.56 Å². The molecule has 1 heterocycles.